The van der Waals surface area contributed by atoms with E-state index in [4.69, 9.17) is 14.2 Å². The molecule has 3 amide bonds. The number of amides is 3. The molecular formula is C31H36N4O8S. The first kappa shape index (κ1) is 31.1. The normalized spacial score (nSPS) is 18.6. The molecular weight excluding hydrogens is 588 g/mol. The maximum Gasteiger partial charge on any atom is 0.323 e. The number of aryl methyl sites for hydroxylation is 1. The van der Waals surface area contributed by atoms with Crippen LogP contribution >= 0.6 is 0 Å². The summed E-state index contributed by atoms with van der Waals surface area (Å²) in [4.78, 5) is 28.5. The van der Waals surface area contributed by atoms with Crippen LogP contribution in [0.5, 0.6) is 17.2 Å². The number of rotatable bonds is 8. The van der Waals surface area contributed by atoms with Crippen molar-refractivity contribution in [3.05, 3.63) is 71.8 Å². The standard InChI is InChI=1S/C31H36N4O8S/c1-19-8-11-23(12-9-19)44(39,40)34(4)16-28-20(2)15-35(21(3)17-36)30(37)24-6-5-7-25(29(24)43-28)33-31(38)32-22-10-13-26-27(14-22)42-18-41-26/h5-14,20-21,28,36H,15-18H2,1-4H3,(H2,32,33,38)/t20-,21-,28-/m0/s1. The fraction of sp³-hybridized carbons (Fsp3) is 0.355. The predicted octanol–water partition coefficient (Wildman–Crippen LogP) is 3.91. The van der Waals surface area contributed by atoms with Crippen LogP contribution in [0.2, 0.25) is 0 Å². The van der Waals surface area contributed by atoms with Crippen molar-refractivity contribution in [2.45, 2.75) is 37.8 Å². The highest BCUT2D eigenvalue weighted by Gasteiger charge is 2.36. The van der Waals surface area contributed by atoms with Gasteiger partial charge >= 0.3 is 6.03 Å². The van der Waals surface area contributed by atoms with Gasteiger partial charge in [0, 0.05) is 31.3 Å². The number of ether oxygens (including phenoxy) is 3. The Balaban J connectivity index is 1.45. The zero-order valence-electron chi connectivity index (χ0n) is 24.9. The lowest BCUT2D eigenvalue weighted by atomic mass is 9.99. The smallest absolute Gasteiger partial charge is 0.323 e. The van der Waals surface area contributed by atoms with Gasteiger partial charge in [0.2, 0.25) is 16.8 Å². The van der Waals surface area contributed by atoms with Gasteiger partial charge in [0.1, 0.15) is 6.10 Å². The number of likely N-dealkylation sites (N-methyl/N-ethyl adjacent to an activating group) is 1. The summed E-state index contributed by atoms with van der Waals surface area (Å²) in [5.41, 5.74) is 1.78. The fourth-order valence-corrected chi connectivity index (χ4v) is 6.24. The summed E-state index contributed by atoms with van der Waals surface area (Å²) in [6.45, 7) is 5.47. The first-order valence-electron chi connectivity index (χ1n) is 14.2. The van der Waals surface area contributed by atoms with Crippen LogP contribution in [0.1, 0.15) is 29.8 Å². The minimum atomic E-state index is -3.86. The molecule has 3 aromatic carbocycles. The number of anilines is 2. The molecule has 3 N–H and O–H groups in total. The Morgan fingerprint density at radius 2 is 1.82 bits per heavy atom. The molecule has 13 heteroatoms. The Kier molecular flexibility index (Phi) is 9.00. The van der Waals surface area contributed by atoms with E-state index in [0.29, 0.717) is 17.2 Å². The molecule has 0 saturated carbocycles. The molecule has 44 heavy (non-hydrogen) atoms. The SMILES string of the molecule is Cc1ccc(S(=O)(=O)N(C)C[C@@H]2Oc3c(NC(=O)Nc4ccc5c(c4)OCO5)cccc3C(=O)N([C@@H](C)CO)C[C@@H]2C)cc1. The zero-order chi connectivity index (χ0) is 31.6. The maximum absolute atomic E-state index is 13.7. The largest absolute Gasteiger partial charge is 0.486 e. The summed E-state index contributed by atoms with van der Waals surface area (Å²) in [5.74, 6) is 0.440. The highest BCUT2D eigenvalue weighted by molar-refractivity contribution is 7.89. The third kappa shape index (κ3) is 6.44. The lowest BCUT2D eigenvalue weighted by molar-refractivity contribution is 0.0389. The van der Waals surface area contributed by atoms with Gasteiger partial charge in [0.15, 0.2) is 17.2 Å². The highest BCUT2D eigenvalue weighted by Crippen LogP contribution is 2.36. The molecule has 2 aliphatic rings. The van der Waals surface area contributed by atoms with E-state index in [1.807, 2.05) is 13.8 Å². The Morgan fingerprint density at radius 3 is 2.55 bits per heavy atom. The molecule has 12 nitrogen and oxygen atoms in total. The van der Waals surface area contributed by atoms with E-state index in [1.165, 1.54) is 11.4 Å². The van der Waals surface area contributed by atoms with Crippen molar-refractivity contribution >= 4 is 33.3 Å². The van der Waals surface area contributed by atoms with E-state index in [0.717, 1.165) is 5.56 Å². The Labute approximate surface area is 256 Å². The number of nitrogens with zero attached hydrogens (tertiary/aromatic N) is 2. The Bertz CT molecular complexity index is 1650. The number of aliphatic hydroxyl groups is 1. The van der Waals surface area contributed by atoms with Gasteiger partial charge in [0.25, 0.3) is 5.91 Å². The van der Waals surface area contributed by atoms with Gasteiger partial charge in [-0.25, -0.2) is 13.2 Å². The molecule has 0 fully saturated rings. The fourth-order valence-electron chi connectivity index (χ4n) is 5.06. The zero-order valence-corrected chi connectivity index (χ0v) is 25.8. The molecule has 2 aliphatic heterocycles. The van der Waals surface area contributed by atoms with Crippen LogP contribution in [-0.4, -0.2) is 80.4 Å². The lowest BCUT2D eigenvalue weighted by Gasteiger charge is -2.38. The number of nitrogens with one attached hydrogen (secondary N) is 2. The second-order valence-corrected chi connectivity index (χ2v) is 13.1. The van der Waals surface area contributed by atoms with Crippen LogP contribution in [0.3, 0.4) is 0 Å². The monoisotopic (exact) mass is 624 g/mol. The number of carbonyl (C=O) groups excluding carboxylic acids is 2. The number of hydrogen-bond donors (Lipinski definition) is 3. The molecule has 5 rings (SSSR count). The van der Waals surface area contributed by atoms with Crippen molar-refractivity contribution in [2.24, 2.45) is 5.92 Å². The summed E-state index contributed by atoms with van der Waals surface area (Å²) in [6, 6.07) is 15.2. The van der Waals surface area contributed by atoms with Gasteiger partial charge in [-0.15, -0.1) is 0 Å². The first-order chi connectivity index (χ1) is 21.0. The molecule has 0 bridgehead atoms. The lowest BCUT2D eigenvalue weighted by Crippen LogP contribution is -2.50. The summed E-state index contributed by atoms with van der Waals surface area (Å²) in [5, 5.41) is 15.4. The molecule has 0 saturated heterocycles. The number of aliphatic hydroxyl groups excluding tert-OH is 1. The van der Waals surface area contributed by atoms with Gasteiger partial charge in [-0.2, -0.15) is 4.31 Å². The molecule has 2 heterocycles. The quantitative estimate of drug-likeness (QED) is 0.342. The topological polar surface area (TPSA) is 147 Å². The number of urea groups is 1. The molecule has 3 atom stereocenters. The highest BCUT2D eigenvalue weighted by atomic mass is 32.2. The second kappa shape index (κ2) is 12.7. The van der Waals surface area contributed by atoms with E-state index < -0.39 is 28.2 Å². The van der Waals surface area contributed by atoms with Gasteiger partial charge in [-0.3, -0.25) is 4.79 Å². The minimum absolute atomic E-state index is 0.0376. The van der Waals surface area contributed by atoms with Crippen LogP contribution in [0.15, 0.2) is 65.6 Å². The van der Waals surface area contributed by atoms with Crippen molar-refractivity contribution in [1.29, 1.82) is 0 Å². The number of carbonyl (C=O) groups is 2. The van der Waals surface area contributed by atoms with Crippen molar-refractivity contribution < 1.29 is 37.3 Å². The van der Waals surface area contributed by atoms with Gasteiger partial charge in [0.05, 0.1) is 35.3 Å². The number of sulfonamides is 1. The van der Waals surface area contributed by atoms with Gasteiger partial charge in [-0.05, 0) is 50.2 Å². The second-order valence-electron chi connectivity index (χ2n) is 11.1. The van der Waals surface area contributed by atoms with Crippen LogP contribution in [0.25, 0.3) is 0 Å². The Morgan fingerprint density at radius 1 is 1.09 bits per heavy atom. The third-order valence-electron chi connectivity index (χ3n) is 7.74. The molecule has 0 aliphatic carbocycles. The predicted molar refractivity (Wildman–Crippen MR) is 164 cm³/mol. The average Bonchev–Trinajstić information content (AvgIpc) is 3.47. The van der Waals surface area contributed by atoms with E-state index >= 15 is 0 Å². The molecule has 0 radical (unpaired) electrons. The Hall–Kier alpha value is -4.33. The van der Waals surface area contributed by atoms with E-state index in [-0.39, 0.29) is 60.2 Å². The summed E-state index contributed by atoms with van der Waals surface area (Å²) in [6.07, 6.45) is -0.722. The third-order valence-corrected chi connectivity index (χ3v) is 9.57. The molecule has 234 valence electrons. The number of fused-ring (bicyclic) bond motifs is 2. The summed E-state index contributed by atoms with van der Waals surface area (Å²) < 4.78 is 45.3. The van der Waals surface area contributed by atoms with Crippen molar-refractivity contribution in [3.8, 4) is 17.2 Å². The van der Waals surface area contributed by atoms with Crippen LogP contribution in [-0.2, 0) is 10.0 Å². The van der Waals surface area contributed by atoms with Crippen molar-refractivity contribution in [3.63, 3.8) is 0 Å². The van der Waals surface area contributed by atoms with Gasteiger partial charge in [-0.1, -0.05) is 30.7 Å². The number of para-hydroxylation sites is 1. The van der Waals surface area contributed by atoms with Gasteiger partial charge < -0.3 is 34.9 Å². The van der Waals surface area contributed by atoms with Crippen molar-refractivity contribution in [1.82, 2.24) is 9.21 Å². The summed E-state index contributed by atoms with van der Waals surface area (Å²) in [7, 11) is -2.38. The van der Waals surface area contributed by atoms with Crippen LogP contribution < -0.4 is 24.8 Å². The van der Waals surface area contributed by atoms with E-state index in [9.17, 15) is 23.1 Å². The van der Waals surface area contributed by atoms with Crippen molar-refractivity contribution in [2.75, 3.05) is 44.2 Å². The van der Waals surface area contributed by atoms with Crippen LogP contribution in [0.4, 0.5) is 16.2 Å². The maximum atomic E-state index is 13.7. The average molecular weight is 625 g/mol. The van der Waals surface area contributed by atoms with E-state index in [1.54, 1.807) is 72.5 Å². The van der Waals surface area contributed by atoms with Crippen LogP contribution in [0, 0.1) is 12.8 Å². The summed E-state index contributed by atoms with van der Waals surface area (Å²) >= 11 is 0. The first-order valence-corrected chi connectivity index (χ1v) is 15.6. The number of hydrogen-bond acceptors (Lipinski definition) is 8. The molecule has 0 spiro atoms. The minimum Gasteiger partial charge on any atom is -0.486 e. The molecule has 0 unspecified atom stereocenters. The number of benzene rings is 3. The molecule has 3 aromatic rings. The molecule has 0 aromatic heterocycles. The van der Waals surface area contributed by atoms with E-state index in [2.05, 4.69) is 10.6 Å².